The molecule has 0 aliphatic carbocycles. The maximum atomic E-state index is 12.1. The van der Waals surface area contributed by atoms with Gasteiger partial charge in [-0.15, -0.1) is 0 Å². The number of hydrogen-bond acceptors (Lipinski definition) is 4. The molecule has 5 nitrogen and oxygen atoms in total. The lowest BCUT2D eigenvalue weighted by atomic mass is 10.2. The van der Waals surface area contributed by atoms with Crippen LogP contribution in [0.4, 0.5) is 0 Å². The van der Waals surface area contributed by atoms with Crippen LogP contribution >= 0.6 is 0 Å². The van der Waals surface area contributed by atoms with E-state index in [1.165, 1.54) is 4.57 Å². The number of nitrogens with zero attached hydrogens (tertiary/aromatic N) is 2. The Labute approximate surface area is 139 Å². The molecule has 0 unspecified atom stereocenters. The molecule has 0 amide bonds. The van der Waals surface area contributed by atoms with Gasteiger partial charge in [0.2, 0.25) is 5.75 Å². The molecule has 122 valence electrons. The van der Waals surface area contributed by atoms with E-state index in [4.69, 9.17) is 4.74 Å². The second kappa shape index (κ2) is 6.58. The zero-order valence-corrected chi connectivity index (χ0v) is 13.6. The standard InChI is InChI=1S/C19H18N2O3/c1-3-16-17(22)19(23)21(2)18(20-16)13-9-11-15(12-10-13)24-14-7-5-4-6-8-14/h4-12,22H,3H2,1-2H3. The van der Waals surface area contributed by atoms with Gasteiger partial charge < -0.3 is 9.84 Å². The highest BCUT2D eigenvalue weighted by molar-refractivity contribution is 5.58. The van der Waals surface area contributed by atoms with Gasteiger partial charge in [-0.2, -0.15) is 0 Å². The summed E-state index contributed by atoms with van der Waals surface area (Å²) in [4.78, 5) is 16.5. The summed E-state index contributed by atoms with van der Waals surface area (Å²) in [5.74, 6) is 1.69. The average Bonchev–Trinajstić information content (AvgIpc) is 2.62. The minimum Gasteiger partial charge on any atom is -0.502 e. The smallest absolute Gasteiger partial charge is 0.295 e. The predicted octanol–water partition coefficient (Wildman–Crippen LogP) is 3.51. The van der Waals surface area contributed by atoms with Crippen molar-refractivity contribution in [2.24, 2.45) is 7.05 Å². The monoisotopic (exact) mass is 322 g/mol. The fourth-order valence-electron chi connectivity index (χ4n) is 2.44. The number of ether oxygens (including phenoxy) is 1. The van der Waals surface area contributed by atoms with E-state index in [0.717, 1.165) is 11.3 Å². The van der Waals surface area contributed by atoms with E-state index >= 15 is 0 Å². The topological polar surface area (TPSA) is 64.4 Å². The SMILES string of the molecule is CCc1nc(-c2ccc(Oc3ccccc3)cc2)n(C)c(=O)c1O. The first kappa shape index (κ1) is 15.8. The number of aromatic nitrogens is 2. The van der Waals surface area contributed by atoms with Gasteiger partial charge in [-0.05, 0) is 42.8 Å². The van der Waals surface area contributed by atoms with Crippen molar-refractivity contribution in [1.29, 1.82) is 0 Å². The largest absolute Gasteiger partial charge is 0.502 e. The van der Waals surface area contributed by atoms with Gasteiger partial charge in [-0.3, -0.25) is 9.36 Å². The van der Waals surface area contributed by atoms with E-state index in [-0.39, 0.29) is 5.75 Å². The molecule has 0 saturated heterocycles. The van der Waals surface area contributed by atoms with Crippen LogP contribution in [0.5, 0.6) is 17.2 Å². The number of aryl methyl sites for hydroxylation is 1. The van der Waals surface area contributed by atoms with Crippen molar-refractivity contribution in [2.45, 2.75) is 13.3 Å². The summed E-state index contributed by atoms with van der Waals surface area (Å²) in [6.07, 6.45) is 0.490. The summed E-state index contributed by atoms with van der Waals surface area (Å²) in [6.45, 7) is 1.85. The first-order valence-corrected chi connectivity index (χ1v) is 7.72. The highest BCUT2D eigenvalue weighted by Gasteiger charge is 2.13. The molecule has 1 aromatic heterocycles. The van der Waals surface area contributed by atoms with Crippen LogP contribution in [0, 0.1) is 0 Å². The van der Waals surface area contributed by atoms with Crippen LogP contribution < -0.4 is 10.3 Å². The summed E-state index contributed by atoms with van der Waals surface area (Å²) in [5.41, 5.74) is 0.740. The lowest BCUT2D eigenvalue weighted by Crippen LogP contribution is -2.21. The van der Waals surface area contributed by atoms with Gasteiger partial charge in [0.05, 0.1) is 5.69 Å². The summed E-state index contributed by atoms with van der Waals surface area (Å²) in [6, 6.07) is 16.9. The number of hydrogen-bond donors (Lipinski definition) is 1. The summed E-state index contributed by atoms with van der Waals surface area (Å²) < 4.78 is 7.11. The molecule has 5 heteroatoms. The van der Waals surface area contributed by atoms with Crippen LogP contribution in [0.1, 0.15) is 12.6 Å². The fraction of sp³-hybridized carbons (Fsp3) is 0.158. The van der Waals surface area contributed by atoms with E-state index in [9.17, 15) is 9.90 Å². The highest BCUT2D eigenvalue weighted by atomic mass is 16.5. The first-order chi connectivity index (χ1) is 11.6. The molecule has 0 aliphatic heterocycles. The Morgan fingerprint density at radius 3 is 2.29 bits per heavy atom. The predicted molar refractivity (Wildman–Crippen MR) is 92.5 cm³/mol. The molecule has 0 bridgehead atoms. The number of para-hydroxylation sites is 1. The van der Waals surface area contributed by atoms with Gasteiger partial charge in [0.15, 0.2) is 0 Å². The van der Waals surface area contributed by atoms with Gasteiger partial charge in [0.25, 0.3) is 5.56 Å². The third kappa shape index (κ3) is 3.01. The Bertz CT molecular complexity index is 900. The van der Waals surface area contributed by atoms with Gasteiger partial charge >= 0.3 is 0 Å². The molecular weight excluding hydrogens is 304 g/mol. The zero-order chi connectivity index (χ0) is 17.1. The molecule has 24 heavy (non-hydrogen) atoms. The third-order valence-corrected chi connectivity index (χ3v) is 3.77. The molecule has 1 heterocycles. The summed E-state index contributed by atoms with van der Waals surface area (Å²) in [7, 11) is 1.60. The first-order valence-electron chi connectivity index (χ1n) is 7.72. The Kier molecular flexibility index (Phi) is 4.33. The molecule has 0 spiro atoms. The summed E-state index contributed by atoms with van der Waals surface area (Å²) >= 11 is 0. The normalized spacial score (nSPS) is 10.6. The maximum Gasteiger partial charge on any atom is 0.295 e. The third-order valence-electron chi connectivity index (χ3n) is 3.77. The molecule has 0 radical (unpaired) electrons. The molecule has 3 rings (SSSR count). The molecule has 3 aromatic rings. The summed E-state index contributed by atoms with van der Waals surface area (Å²) in [5, 5.41) is 9.84. The van der Waals surface area contributed by atoms with Crippen LogP contribution in [0.15, 0.2) is 59.4 Å². The fourth-order valence-corrected chi connectivity index (χ4v) is 2.44. The molecule has 2 aromatic carbocycles. The molecule has 1 N–H and O–H groups in total. The van der Waals surface area contributed by atoms with Crippen molar-refractivity contribution in [3.63, 3.8) is 0 Å². The lowest BCUT2D eigenvalue weighted by molar-refractivity contribution is 0.449. The minimum atomic E-state index is -0.443. The zero-order valence-electron chi connectivity index (χ0n) is 13.6. The molecule has 0 saturated carbocycles. The Morgan fingerprint density at radius 2 is 1.67 bits per heavy atom. The molecule has 0 atom stereocenters. The Hall–Kier alpha value is -3.08. The van der Waals surface area contributed by atoms with E-state index in [0.29, 0.717) is 23.7 Å². The molecular formula is C19H18N2O3. The number of benzene rings is 2. The van der Waals surface area contributed by atoms with Crippen LogP contribution in [-0.2, 0) is 13.5 Å². The van der Waals surface area contributed by atoms with Crippen molar-refractivity contribution < 1.29 is 9.84 Å². The van der Waals surface area contributed by atoms with Crippen LogP contribution in [0.2, 0.25) is 0 Å². The molecule has 0 aliphatic rings. The number of aromatic hydroxyl groups is 1. The van der Waals surface area contributed by atoms with Crippen LogP contribution in [-0.4, -0.2) is 14.7 Å². The maximum absolute atomic E-state index is 12.1. The average molecular weight is 322 g/mol. The second-order valence-corrected chi connectivity index (χ2v) is 5.39. The van der Waals surface area contributed by atoms with Crippen LogP contribution in [0.25, 0.3) is 11.4 Å². The lowest BCUT2D eigenvalue weighted by Gasteiger charge is -2.11. The quantitative estimate of drug-likeness (QED) is 0.798. The molecule has 0 fully saturated rings. The van der Waals surface area contributed by atoms with E-state index in [1.54, 1.807) is 7.05 Å². The van der Waals surface area contributed by atoms with E-state index in [2.05, 4.69) is 4.98 Å². The number of rotatable bonds is 4. The van der Waals surface area contributed by atoms with Crippen molar-refractivity contribution in [2.75, 3.05) is 0 Å². The van der Waals surface area contributed by atoms with E-state index < -0.39 is 5.56 Å². The van der Waals surface area contributed by atoms with Gasteiger partial charge in [-0.25, -0.2) is 4.98 Å². The second-order valence-electron chi connectivity index (χ2n) is 5.39. The van der Waals surface area contributed by atoms with Crippen LogP contribution in [0.3, 0.4) is 0 Å². The Balaban J connectivity index is 1.94. The highest BCUT2D eigenvalue weighted by Crippen LogP contribution is 2.25. The van der Waals surface area contributed by atoms with Gasteiger partial charge in [-0.1, -0.05) is 25.1 Å². The van der Waals surface area contributed by atoms with Crippen molar-refractivity contribution in [1.82, 2.24) is 9.55 Å². The van der Waals surface area contributed by atoms with E-state index in [1.807, 2.05) is 61.5 Å². The van der Waals surface area contributed by atoms with Gasteiger partial charge in [0.1, 0.15) is 17.3 Å². The Morgan fingerprint density at radius 1 is 1.04 bits per heavy atom. The minimum absolute atomic E-state index is 0.284. The van der Waals surface area contributed by atoms with Crippen molar-refractivity contribution >= 4 is 0 Å². The van der Waals surface area contributed by atoms with Crippen molar-refractivity contribution in [3.05, 3.63) is 70.6 Å². The van der Waals surface area contributed by atoms with Gasteiger partial charge in [0, 0.05) is 12.6 Å². The van der Waals surface area contributed by atoms with Crippen molar-refractivity contribution in [3.8, 4) is 28.6 Å².